The molecule has 0 aliphatic rings. The Balaban J connectivity index is 2.64. The summed E-state index contributed by atoms with van der Waals surface area (Å²) in [6.45, 7) is 7.34. The number of carbonyl (C=O) groups excluding carboxylic acids is 2. The molecular formula is C17H19NO3. The Bertz CT molecular complexity index is 717. The van der Waals surface area contributed by atoms with Crippen molar-refractivity contribution in [2.24, 2.45) is 0 Å². The average Bonchev–Trinajstić information content (AvgIpc) is 2.66. The van der Waals surface area contributed by atoms with Crippen LogP contribution in [0.15, 0.2) is 30.3 Å². The maximum atomic E-state index is 12.4. The number of benzene rings is 1. The van der Waals surface area contributed by atoms with Gasteiger partial charge >= 0.3 is 6.09 Å². The van der Waals surface area contributed by atoms with Gasteiger partial charge in [0.05, 0.1) is 5.52 Å². The second kappa shape index (κ2) is 5.56. The number of rotatable bonds is 2. The molecule has 1 aromatic carbocycles. The van der Waals surface area contributed by atoms with Gasteiger partial charge in [0.15, 0.2) is 0 Å². The summed E-state index contributed by atoms with van der Waals surface area (Å²) in [7, 11) is 0. The molecule has 21 heavy (non-hydrogen) atoms. The van der Waals surface area contributed by atoms with Gasteiger partial charge < -0.3 is 4.74 Å². The van der Waals surface area contributed by atoms with Crippen molar-refractivity contribution in [1.29, 1.82) is 0 Å². The second-order valence-electron chi connectivity index (χ2n) is 5.83. The molecule has 0 atom stereocenters. The summed E-state index contributed by atoms with van der Waals surface area (Å²) in [5.74, 6) is 0. The normalized spacial score (nSPS) is 12.0. The first-order valence-corrected chi connectivity index (χ1v) is 6.80. The zero-order valence-electron chi connectivity index (χ0n) is 12.7. The van der Waals surface area contributed by atoms with E-state index in [2.05, 4.69) is 0 Å². The van der Waals surface area contributed by atoms with Gasteiger partial charge in [-0.25, -0.2) is 9.36 Å². The first-order chi connectivity index (χ1) is 9.85. The molecule has 2 aromatic rings. The minimum Gasteiger partial charge on any atom is -0.443 e. The number of para-hydroxylation sites is 1. The molecule has 0 saturated heterocycles. The fourth-order valence-electron chi connectivity index (χ4n) is 2.28. The van der Waals surface area contributed by atoms with Crippen LogP contribution in [0.1, 0.15) is 32.0 Å². The molecule has 110 valence electrons. The molecule has 0 N–H and O–H groups in total. The van der Waals surface area contributed by atoms with Gasteiger partial charge in [-0.15, -0.1) is 0 Å². The van der Waals surface area contributed by atoms with Gasteiger partial charge in [0.2, 0.25) is 0 Å². The molecule has 0 spiro atoms. The highest BCUT2D eigenvalue weighted by Gasteiger charge is 2.22. The molecule has 0 aliphatic heterocycles. The number of carbonyl (C=O) groups is 2. The van der Waals surface area contributed by atoms with Crippen molar-refractivity contribution in [3.8, 4) is 0 Å². The van der Waals surface area contributed by atoms with E-state index in [1.165, 1.54) is 6.08 Å². The average molecular weight is 285 g/mol. The number of allylic oxidation sites excluding steroid dienone is 1. The molecule has 0 aliphatic carbocycles. The number of hydrogen-bond acceptors (Lipinski definition) is 3. The van der Waals surface area contributed by atoms with E-state index in [1.54, 1.807) is 10.6 Å². The zero-order valence-corrected chi connectivity index (χ0v) is 12.7. The first-order valence-electron chi connectivity index (χ1n) is 6.80. The topological polar surface area (TPSA) is 48.3 Å². The van der Waals surface area contributed by atoms with Crippen LogP contribution in [0.2, 0.25) is 0 Å². The maximum Gasteiger partial charge on any atom is 0.419 e. The number of aldehydes is 1. The van der Waals surface area contributed by atoms with Crippen LogP contribution in [0.5, 0.6) is 0 Å². The summed E-state index contributed by atoms with van der Waals surface area (Å²) >= 11 is 0. The van der Waals surface area contributed by atoms with Gasteiger partial charge in [0.25, 0.3) is 0 Å². The smallest absolute Gasteiger partial charge is 0.419 e. The molecule has 2 rings (SSSR count). The van der Waals surface area contributed by atoms with E-state index in [0.717, 1.165) is 28.4 Å². The van der Waals surface area contributed by atoms with Crippen molar-refractivity contribution >= 4 is 29.4 Å². The van der Waals surface area contributed by atoms with E-state index in [-0.39, 0.29) is 0 Å². The molecule has 0 radical (unpaired) electrons. The summed E-state index contributed by atoms with van der Waals surface area (Å²) in [6, 6.07) is 7.56. The lowest BCUT2D eigenvalue weighted by Gasteiger charge is -2.20. The fourth-order valence-corrected chi connectivity index (χ4v) is 2.28. The molecule has 0 bridgehead atoms. The number of aromatic nitrogens is 1. The minimum atomic E-state index is -0.562. The largest absolute Gasteiger partial charge is 0.443 e. The van der Waals surface area contributed by atoms with Crippen molar-refractivity contribution in [1.82, 2.24) is 4.57 Å². The standard InChI is InChI=1S/C17H19NO3/c1-12-13(9-7-11-19)14-8-5-6-10-15(14)18(12)16(20)21-17(2,3)4/h5-11H,1-4H3/b9-7+. The van der Waals surface area contributed by atoms with Crippen LogP contribution in [0.4, 0.5) is 4.79 Å². The van der Waals surface area contributed by atoms with Crippen molar-refractivity contribution in [3.05, 3.63) is 41.6 Å². The lowest BCUT2D eigenvalue weighted by Crippen LogP contribution is -2.27. The Kier molecular flexibility index (Phi) is 3.98. The Morgan fingerprint density at radius 2 is 1.90 bits per heavy atom. The van der Waals surface area contributed by atoms with Crippen LogP contribution >= 0.6 is 0 Å². The summed E-state index contributed by atoms with van der Waals surface area (Å²) in [4.78, 5) is 23.0. The summed E-state index contributed by atoms with van der Waals surface area (Å²) < 4.78 is 7.01. The molecule has 1 heterocycles. The summed E-state index contributed by atoms with van der Waals surface area (Å²) in [5, 5.41) is 0.916. The van der Waals surface area contributed by atoms with Crippen LogP contribution in [0.25, 0.3) is 17.0 Å². The van der Waals surface area contributed by atoms with E-state index in [1.807, 2.05) is 52.0 Å². The van der Waals surface area contributed by atoms with Crippen LogP contribution in [0.3, 0.4) is 0 Å². The number of nitrogens with zero attached hydrogens (tertiary/aromatic N) is 1. The van der Waals surface area contributed by atoms with E-state index in [9.17, 15) is 9.59 Å². The van der Waals surface area contributed by atoms with Gasteiger partial charge in [0, 0.05) is 16.6 Å². The minimum absolute atomic E-state index is 0.415. The lowest BCUT2D eigenvalue weighted by atomic mass is 10.1. The third-order valence-electron chi connectivity index (χ3n) is 3.08. The van der Waals surface area contributed by atoms with Crippen molar-refractivity contribution in [2.45, 2.75) is 33.3 Å². The Morgan fingerprint density at radius 1 is 1.24 bits per heavy atom. The van der Waals surface area contributed by atoms with Gasteiger partial charge in [-0.3, -0.25) is 4.79 Å². The third kappa shape index (κ3) is 3.05. The molecule has 0 unspecified atom stereocenters. The van der Waals surface area contributed by atoms with Crippen molar-refractivity contribution < 1.29 is 14.3 Å². The predicted molar refractivity (Wildman–Crippen MR) is 83.4 cm³/mol. The predicted octanol–water partition coefficient (Wildman–Crippen LogP) is 3.95. The summed E-state index contributed by atoms with van der Waals surface area (Å²) in [6.07, 6.45) is 3.45. The monoisotopic (exact) mass is 285 g/mol. The van der Waals surface area contributed by atoms with E-state index < -0.39 is 11.7 Å². The van der Waals surface area contributed by atoms with Crippen LogP contribution < -0.4 is 0 Å². The van der Waals surface area contributed by atoms with Gasteiger partial charge in [-0.2, -0.15) is 0 Å². The Labute approximate surface area is 124 Å². The van der Waals surface area contributed by atoms with E-state index in [0.29, 0.717) is 0 Å². The van der Waals surface area contributed by atoms with E-state index in [4.69, 9.17) is 4.74 Å². The van der Waals surface area contributed by atoms with Crippen LogP contribution in [-0.2, 0) is 9.53 Å². The maximum absolute atomic E-state index is 12.4. The van der Waals surface area contributed by atoms with Crippen molar-refractivity contribution in [2.75, 3.05) is 0 Å². The van der Waals surface area contributed by atoms with Crippen LogP contribution in [0, 0.1) is 6.92 Å². The number of ether oxygens (including phenoxy) is 1. The quantitative estimate of drug-likeness (QED) is 0.620. The van der Waals surface area contributed by atoms with Gasteiger partial charge in [-0.1, -0.05) is 18.2 Å². The lowest BCUT2D eigenvalue weighted by molar-refractivity contribution is -0.104. The van der Waals surface area contributed by atoms with E-state index >= 15 is 0 Å². The third-order valence-corrected chi connectivity index (χ3v) is 3.08. The highest BCUT2D eigenvalue weighted by atomic mass is 16.6. The summed E-state index contributed by atoms with van der Waals surface area (Å²) in [5.41, 5.74) is 1.81. The zero-order chi connectivity index (χ0) is 15.6. The molecule has 0 amide bonds. The highest BCUT2D eigenvalue weighted by molar-refractivity contribution is 5.98. The first kappa shape index (κ1) is 15.0. The fraction of sp³-hybridized carbons (Fsp3) is 0.294. The molecule has 1 aromatic heterocycles. The number of fused-ring (bicyclic) bond motifs is 1. The second-order valence-corrected chi connectivity index (χ2v) is 5.83. The molecule has 4 heteroatoms. The molecule has 0 fully saturated rings. The highest BCUT2D eigenvalue weighted by Crippen LogP contribution is 2.27. The van der Waals surface area contributed by atoms with Crippen LogP contribution in [-0.4, -0.2) is 22.5 Å². The van der Waals surface area contributed by atoms with Crippen molar-refractivity contribution in [3.63, 3.8) is 0 Å². The van der Waals surface area contributed by atoms with Gasteiger partial charge in [0.1, 0.15) is 11.9 Å². The Morgan fingerprint density at radius 3 is 2.52 bits per heavy atom. The SMILES string of the molecule is Cc1c(/C=C/C=O)c2ccccc2n1C(=O)OC(C)(C)C. The molecular weight excluding hydrogens is 266 g/mol. The van der Waals surface area contributed by atoms with Gasteiger partial charge in [-0.05, 0) is 45.9 Å². The Hall–Kier alpha value is -2.36. The molecule has 4 nitrogen and oxygen atoms in total. The number of hydrogen-bond donors (Lipinski definition) is 0. The molecule has 0 saturated carbocycles.